The summed E-state index contributed by atoms with van der Waals surface area (Å²) in [6.45, 7) is 14.0. The zero-order valence-corrected chi connectivity index (χ0v) is 28.6. The predicted octanol–water partition coefficient (Wildman–Crippen LogP) is 5.27. The molecule has 1 aromatic carbocycles. The van der Waals surface area contributed by atoms with Gasteiger partial charge in [-0.1, -0.05) is 45.9 Å². The van der Waals surface area contributed by atoms with E-state index in [0.717, 1.165) is 32.1 Å². The van der Waals surface area contributed by atoms with Crippen LogP contribution in [-0.2, 0) is 19.1 Å². The average molecular weight is 653 g/mol. The molecule has 6 rings (SSSR count). The van der Waals surface area contributed by atoms with Crippen molar-refractivity contribution in [2.24, 2.45) is 51.6 Å². The topological polar surface area (TPSA) is 130 Å². The Kier molecular flexibility index (Phi) is 8.94. The number of carbonyl (C=O) groups excluding carboxylic acids is 3. The molecule has 2 bridgehead atoms. The second-order valence-electron chi connectivity index (χ2n) is 15.8. The molecule has 8 nitrogen and oxygen atoms in total. The van der Waals surface area contributed by atoms with E-state index < -0.39 is 29.1 Å². The molecule has 5 aliphatic rings. The number of hydrogen-bond acceptors (Lipinski definition) is 8. The van der Waals surface area contributed by atoms with Crippen LogP contribution in [0.15, 0.2) is 36.9 Å². The van der Waals surface area contributed by atoms with Gasteiger partial charge in [0.05, 0.1) is 11.9 Å². The van der Waals surface area contributed by atoms with E-state index in [1.807, 2.05) is 17.9 Å². The fraction of sp³-hybridized carbons (Fsp3) is 0.703. The highest BCUT2D eigenvalue weighted by atomic mass is 32.2. The SMILES string of the molecule is C=C[C@]1(C)C[C@@H](OC(=O)CSC2CC3CN(C(=O)[C@H](N)c4ccc(O)cc4)CC3C2)[C@]2(C)[C@H](C)CC[C@]3(CCC(=O)[C@H]32)[C@@H](C)[C@@H]1O. The maximum Gasteiger partial charge on any atom is 0.316 e. The zero-order chi connectivity index (χ0) is 33.2. The molecular formula is C37H52N2O6S. The van der Waals surface area contributed by atoms with Crippen LogP contribution in [0.4, 0.5) is 0 Å². The number of nitrogens with two attached hydrogens (primary N) is 1. The van der Waals surface area contributed by atoms with Crippen molar-refractivity contribution < 1.29 is 29.3 Å². The second-order valence-corrected chi connectivity index (χ2v) is 17.1. The molecular weight excluding hydrogens is 600 g/mol. The number of aliphatic hydroxyl groups is 1. The first-order valence-corrected chi connectivity index (χ1v) is 18.3. The number of ether oxygens (including phenoxy) is 1. The normalized spacial score (nSPS) is 42.5. The molecule has 4 N–H and O–H groups in total. The number of Topliss-reactive ketones (excluding diaryl/α,β-unsaturated/α-hetero) is 1. The van der Waals surface area contributed by atoms with E-state index in [2.05, 4.69) is 27.4 Å². The summed E-state index contributed by atoms with van der Waals surface area (Å²) in [5.41, 5.74) is 5.53. The van der Waals surface area contributed by atoms with Crippen molar-refractivity contribution in [1.29, 1.82) is 0 Å². The summed E-state index contributed by atoms with van der Waals surface area (Å²) in [6, 6.07) is 5.72. The monoisotopic (exact) mass is 652 g/mol. The number of likely N-dealkylation sites (tertiary alicyclic amines) is 1. The van der Waals surface area contributed by atoms with Crippen LogP contribution in [0, 0.1) is 45.8 Å². The molecule has 1 heterocycles. The summed E-state index contributed by atoms with van der Waals surface area (Å²) in [5, 5.41) is 21.6. The fourth-order valence-electron chi connectivity index (χ4n) is 10.5. The zero-order valence-electron chi connectivity index (χ0n) is 27.8. The standard InChI is InChI=1S/C37H52N2O6S/c1-6-35(4)17-29(36(5)21(2)11-13-37(22(3)33(35)43)14-12-28(41)32(36)37)45-30(42)20-46-27-15-24-18-39(19-25(24)16-27)34(44)31(38)23-7-9-26(40)10-8-23/h6-10,21-22,24-25,27,29,31-33,40,43H,1,11-20,38H2,2-5H3/t21-,22+,24?,25?,27?,29-,31-,32+,33+,35-,36+,37+/m1/s1. The van der Waals surface area contributed by atoms with Crippen molar-refractivity contribution in [2.75, 3.05) is 18.8 Å². The number of hydrogen-bond donors (Lipinski definition) is 3. The Bertz CT molecular complexity index is 1360. The predicted molar refractivity (Wildman–Crippen MR) is 179 cm³/mol. The largest absolute Gasteiger partial charge is 0.508 e. The van der Waals surface area contributed by atoms with Gasteiger partial charge in [-0.15, -0.1) is 18.3 Å². The van der Waals surface area contributed by atoms with E-state index in [-0.39, 0.29) is 52.3 Å². The maximum atomic E-state index is 13.6. The molecule has 46 heavy (non-hydrogen) atoms. The summed E-state index contributed by atoms with van der Waals surface area (Å²) < 4.78 is 6.44. The number of phenols is 1. The lowest BCUT2D eigenvalue weighted by molar-refractivity contribution is -0.205. The fourth-order valence-corrected chi connectivity index (χ4v) is 11.7. The molecule has 252 valence electrons. The number of fused-ring (bicyclic) bond motifs is 1. The number of rotatable bonds is 7. The first-order valence-electron chi connectivity index (χ1n) is 17.2. The van der Waals surface area contributed by atoms with E-state index >= 15 is 0 Å². The van der Waals surface area contributed by atoms with E-state index in [0.29, 0.717) is 48.6 Å². The van der Waals surface area contributed by atoms with Gasteiger partial charge in [-0.05, 0) is 85.3 Å². The van der Waals surface area contributed by atoms with Gasteiger partial charge in [-0.25, -0.2) is 0 Å². The number of amides is 1. The molecule has 1 aliphatic heterocycles. The molecule has 0 aromatic heterocycles. The Morgan fingerprint density at radius 3 is 2.43 bits per heavy atom. The second kappa shape index (κ2) is 12.3. The van der Waals surface area contributed by atoms with Crippen LogP contribution < -0.4 is 5.73 Å². The minimum Gasteiger partial charge on any atom is -0.508 e. The molecule has 2 unspecified atom stereocenters. The lowest BCUT2D eigenvalue weighted by Crippen LogP contribution is -2.63. The van der Waals surface area contributed by atoms with E-state index in [1.54, 1.807) is 36.0 Å². The molecule has 1 saturated heterocycles. The van der Waals surface area contributed by atoms with Crippen LogP contribution in [0.5, 0.6) is 5.75 Å². The van der Waals surface area contributed by atoms with Gasteiger partial charge in [0, 0.05) is 41.5 Å². The molecule has 5 fully saturated rings. The van der Waals surface area contributed by atoms with Crippen molar-refractivity contribution >= 4 is 29.4 Å². The van der Waals surface area contributed by atoms with E-state index in [9.17, 15) is 24.6 Å². The summed E-state index contributed by atoms with van der Waals surface area (Å²) in [6.07, 6.45) is 6.19. The quantitative estimate of drug-likeness (QED) is 0.269. The number of benzene rings is 1. The highest BCUT2D eigenvalue weighted by Crippen LogP contribution is 2.68. The number of carbonyl (C=O) groups is 3. The number of phenolic OH excluding ortho intramolecular Hbond substituents is 1. The number of thioether (sulfide) groups is 1. The molecule has 1 aromatic rings. The van der Waals surface area contributed by atoms with Gasteiger partial charge < -0.3 is 25.6 Å². The number of aromatic hydroxyl groups is 1. The summed E-state index contributed by atoms with van der Waals surface area (Å²) >= 11 is 1.65. The molecule has 9 heteroatoms. The number of aliphatic hydroxyl groups excluding tert-OH is 1. The smallest absolute Gasteiger partial charge is 0.316 e. The Morgan fingerprint density at radius 2 is 1.80 bits per heavy atom. The number of ketones is 1. The highest BCUT2D eigenvalue weighted by Gasteiger charge is 2.68. The van der Waals surface area contributed by atoms with E-state index in [1.165, 1.54) is 0 Å². The summed E-state index contributed by atoms with van der Waals surface area (Å²) in [7, 11) is 0. The molecule has 4 aliphatic carbocycles. The van der Waals surface area contributed by atoms with Crippen LogP contribution >= 0.6 is 11.8 Å². The lowest BCUT2D eigenvalue weighted by atomic mass is 9.44. The third-order valence-corrected chi connectivity index (χ3v) is 14.8. The van der Waals surface area contributed by atoms with Gasteiger partial charge in [-0.2, -0.15) is 0 Å². The first kappa shape index (κ1) is 33.5. The van der Waals surface area contributed by atoms with Crippen molar-refractivity contribution in [1.82, 2.24) is 4.90 Å². The first-order chi connectivity index (χ1) is 21.7. The maximum absolute atomic E-state index is 13.6. The van der Waals surface area contributed by atoms with Crippen molar-refractivity contribution in [3.8, 4) is 5.75 Å². The van der Waals surface area contributed by atoms with E-state index in [4.69, 9.17) is 10.5 Å². The van der Waals surface area contributed by atoms with Crippen LogP contribution in [0.3, 0.4) is 0 Å². The third kappa shape index (κ3) is 5.42. The minimum absolute atomic E-state index is 0.0532. The third-order valence-electron chi connectivity index (χ3n) is 13.6. The number of esters is 1. The lowest BCUT2D eigenvalue weighted by Gasteiger charge is -2.61. The Morgan fingerprint density at radius 1 is 1.15 bits per heavy atom. The van der Waals surface area contributed by atoms with Crippen LogP contribution in [-0.4, -0.2) is 69.1 Å². The van der Waals surface area contributed by atoms with Gasteiger partial charge in [-0.3, -0.25) is 14.4 Å². The highest BCUT2D eigenvalue weighted by molar-refractivity contribution is 8.00. The summed E-state index contributed by atoms with van der Waals surface area (Å²) in [5.74, 6) is 0.998. The Labute approximate surface area is 277 Å². The van der Waals surface area contributed by atoms with Gasteiger partial charge >= 0.3 is 5.97 Å². The van der Waals surface area contributed by atoms with Crippen LogP contribution in [0.25, 0.3) is 0 Å². The van der Waals surface area contributed by atoms with Crippen LogP contribution in [0.2, 0.25) is 0 Å². The average Bonchev–Trinajstić information content (AvgIpc) is 3.72. The number of nitrogens with zero attached hydrogens (tertiary/aromatic N) is 1. The Hall–Kier alpha value is -2.36. The van der Waals surface area contributed by atoms with Gasteiger partial charge in [0.2, 0.25) is 5.91 Å². The van der Waals surface area contributed by atoms with Crippen molar-refractivity contribution in [3.05, 3.63) is 42.5 Å². The molecule has 11 atom stereocenters. The van der Waals surface area contributed by atoms with Gasteiger partial charge in [0.1, 0.15) is 23.7 Å². The molecule has 1 amide bonds. The van der Waals surface area contributed by atoms with Crippen molar-refractivity contribution in [2.45, 2.75) is 96.1 Å². The molecule has 4 saturated carbocycles. The van der Waals surface area contributed by atoms with Gasteiger partial charge in [0.15, 0.2) is 0 Å². The Balaban J connectivity index is 1.09. The molecule has 0 spiro atoms. The molecule has 0 radical (unpaired) electrons. The minimum atomic E-state index is -0.752. The van der Waals surface area contributed by atoms with Gasteiger partial charge in [0.25, 0.3) is 0 Å². The van der Waals surface area contributed by atoms with Crippen LogP contribution in [0.1, 0.15) is 84.2 Å². The summed E-state index contributed by atoms with van der Waals surface area (Å²) in [4.78, 5) is 42.3. The van der Waals surface area contributed by atoms with Crippen molar-refractivity contribution in [3.63, 3.8) is 0 Å².